The molecular formula is C22H21N4O4. The van der Waals surface area contributed by atoms with Crippen LogP contribution < -0.4 is 19.5 Å². The molecule has 2 aliphatic heterocycles. The number of hydrogen-bond acceptors (Lipinski definition) is 6. The average molecular weight is 405 g/mol. The van der Waals surface area contributed by atoms with Crippen molar-refractivity contribution in [2.24, 2.45) is 9.98 Å². The van der Waals surface area contributed by atoms with Crippen LogP contribution in [0.2, 0.25) is 0 Å². The zero-order valence-electron chi connectivity index (χ0n) is 17.2. The van der Waals surface area contributed by atoms with Crippen LogP contribution >= 0.6 is 0 Å². The Bertz CT molecular complexity index is 1080. The van der Waals surface area contributed by atoms with Gasteiger partial charge in [0.1, 0.15) is 0 Å². The molecule has 4 rings (SSSR count). The lowest BCUT2D eigenvalue weighted by Crippen LogP contribution is -2.37. The van der Waals surface area contributed by atoms with Gasteiger partial charge in [0.2, 0.25) is 11.6 Å². The number of methoxy groups -OCH3 is 3. The first-order chi connectivity index (χ1) is 14.5. The summed E-state index contributed by atoms with van der Waals surface area (Å²) in [5, 5.41) is 3.89. The lowest BCUT2D eigenvalue weighted by molar-refractivity contribution is 0.253. The van der Waals surface area contributed by atoms with Gasteiger partial charge in [0, 0.05) is 12.1 Å². The number of carbonyl (C=O) groups is 1. The molecule has 2 amide bonds. The number of amides is 2. The van der Waals surface area contributed by atoms with E-state index in [9.17, 15) is 4.79 Å². The summed E-state index contributed by atoms with van der Waals surface area (Å²) in [4.78, 5) is 22.2. The van der Waals surface area contributed by atoms with Crippen molar-refractivity contribution in [3.8, 4) is 17.2 Å². The number of benzene rings is 2. The van der Waals surface area contributed by atoms with Gasteiger partial charge in [-0.2, -0.15) is 10.3 Å². The maximum Gasteiger partial charge on any atom is 0.371 e. The number of fused-ring (bicyclic) bond motifs is 1. The second kappa shape index (κ2) is 7.90. The molecule has 0 saturated carbocycles. The van der Waals surface area contributed by atoms with Crippen molar-refractivity contribution in [2.75, 3.05) is 21.3 Å². The number of rotatable bonds is 6. The third-order valence-electron chi connectivity index (χ3n) is 4.84. The van der Waals surface area contributed by atoms with Crippen molar-refractivity contribution >= 4 is 23.4 Å². The van der Waals surface area contributed by atoms with E-state index in [1.807, 2.05) is 42.2 Å². The zero-order chi connectivity index (χ0) is 21.3. The third-order valence-corrected chi connectivity index (χ3v) is 4.84. The van der Waals surface area contributed by atoms with Crippen LogP contribution in [0.5, 0.6) is 17.2 Å². The predicted octanol–water partition coefficient (Wildman–Crippen LogP) is 3.37. The molecule has 30 heavy (non-hydrogen) atoms. The van der Waals surface area contributed by atoms with Crippen LogP contribution in [0, 0.1) is 6.92 Å². The van der Waals surface area contributed by atoms with Crippen LogP contribution in [0.1, 0.15) is 16.7 Å². The van der Waals surface area contributed by atoms with Crippen LogP contribution in [-0.4, -0.2) is 43.9 Å². The largest absolute Gasteiger partial charge is 0.493 e. The topological polar surface area (TPSA) is 86.8 Å². The molecule has 1 radical (unpaired) electrons. The quantitative estimate of drug-likeness (QED) is 0.735. The fourth-order valence-electron chi connectivity index (χ4n) is 3.49. The minimum absolute atomic E-state index is 0.309. The van der Waals surface area contributed by atoms with Crippen molar-refractivity contribution in [3.05, 3.63) is 59.3 Å². The minimum Gasteiger partial charge on any atom is -0.493 e. The van der Waals surface area contributed by atoms with Gasteiger partial charge in [-0.15, -0.1) is 0 Å². The first-order valence-electron chi connectivity index (χ1n) is 9.30. The fourth-order valence-corrected chi connectivity index (χ4v) is 3.49. The lowest BCUT2D eigenvalue weighted by Gasteiger charge is -2.29. The Morgan fingerprint density at radius 3 is 2.37 bits per heavy atom. The molecule has 8 nitrogen and oxygen atoms in total. The van der Waals surface area contributed by atoms with Crippen LogP contribution in [0.4, 0.5) is 4.79 Å². The average Bonchev–Trinajstić information content (AvgIpc) is 3.13. The van der Waals surface area contributed by atoms with E-state index in [1.165, 1.54) is 0 Å². The standard InChI is InChI=1S/C22H21N4O4/c1-13-6-5-7-14(8-13)12-26-16(11-23-20-21(26)25-22(27)24-20)15-9-17(28-2)19(30-4)18(10-15)29-3/h5-11H,12H2,1-4H3. The summed E-state index contributed by atoms with van der Waals surface area (Å²) in [7, 11) is 4.69. The summed E-state index contributed by atoms with van der Waals surface area (Å²) in [6, 6.07) is 11.3. The van der Waals surface area contributed by atoms with Gasteiger partial charge in [0.05, 0.1) is 33.2 Å². The zero-order valence-corrected chi connectivity index (χ0v) is 17.2. The summed E-state index contributed by atoms with van der Waals surface area (Å²) in [6.07, 6.45) is 1.67. The number of ether oxygens (including phenoxy) is 3. The van der Waals surface area contributed by atoms with E-state index in [0.717, 1.165) is 22.4 Å². The summed E-state index contributed by atoms with van der Waals surface area (Å²) >= 11 is 0. The maximum absolute atomic E-state index is 11.8. The number of aliphatic imine (C=N–C) groups is 2. The maximum atomic E-state index is 11.8. The van der Waals surface area contributed by atoms with E-state index in [1.54, 1.807) is 27.5 Å². The molecule has 0 spiro atoms. The Balaban J connectivity index is 1.82. The van der Waals surface area contributed by atoms with Crippen molar-refractivity contribution in [2.45, 2.75) is 13.5 Å². The molecule has 0 unspecified atom stereocenters. The summed E-state index contributed by atoms with van der Waals surface area (Å²) in [5.74, 6) is 2.27. The van der Waals surface area contributed by atoms with E-state index in [2.05, 4.69) is 21.4 Å². The molecule has 2 aliphatic rings. The van der Waals surface area contributed by atoms with E-state index in [0.29, 0.717) is 35.5 Å². The van der Waals surface area contributed by atoms with E-state index >= 15 is 0 Å². The number of amidine groups is 2. The number of carbonyl (C=O) groups excluding carboxylic acids is 1. The smallest absolute Gasteiger partial charge is 0.371 e. The SMILES string of the molecule is COc1cc(C2=CN=C3[N]C(=O)N=C3N2Cc2cccc(C)c2)cc(OC)c1OC. The Morgan fingerprint density at radius 1 is 1.00 bits per heavy atom. The van der Waals surface area contributed by atoms with Crippen molar-refractivity contribution in [1.29, 1.82) is 0 Å². The van der Waals surface area contributed by atoms with Crippen LogP contribution in [0.3, 0.4) is 0 Å². The van der Waals surface area contributed by atoms with Gasteiger partial charge in [0.15, 0.2) is 17.3 Å². The third kappa shape index (κ3) is 3.47. The van der Waals surface area contributed by atoms with Crippen molar-refractivity contribution in [1.82, 2.24) is 10.2 Å². The van der Waals surface area contributed by atoms with Crippen molar-refractivity contribution in [3.63, 3.8) is 0 Å². The lowest BCUT2D eigenvalue weighted by atomic mass is 10.1. The fraction of sp³-hybridized carbons (Fsp3) is 0.227. The van der Waals surface area contributed by atoms with E-state index in [4.69, 9.17) is 14.2 Å². The normalized spacial score (nSPS) is 15.0. The Kier molecular flexibility index (Phi) is 5.14. The first kappa shape index (κ1) is 19.5. The highest BCUT2D eigenvalue weighted by atomic mass is 16.5. The first-order valence-corrected chi connectivity index (χ1v) is 9.30. The van der Waals surface area contributed by atoms with Gasteiger partial charge in [-0.05, 0) is 24.6 Å². The number of nitrogens with zero attached hydrogens (tertiary/aromatic N) is 4. The van der Waals surface area contributed by atoms with Crippen LogP contribution in [0.15, 0.2) is 52.6 Å². The van der Waals surface area contributed by atoms with Gasteiger partial charge in [-0.25, -0.2) is 9.79 Å². The number of aryl methyl sites for hydroxylation is 1. The van der Waals surface area contributed by atoms with Crippen molar-refractivity contribution < 1.29 is 19.0 Å². The van der Waals surface area contributed by atoms with Gasteiger partial charge in [0.25, 0.3) is 0 Å². The highest BCUT2D eigenvalue weighted by molar-refractivity contribution is 6.49. The predicted molar refractivity (Wildman–Crippen MR) is 113 cm³/mol. The molecule has 153 valence electrons. The van der Waals surface area contributed by atoms with E-state index < -0.39 is 6.03 Å². The van der Waals surface area contributed by atoms with Gasteiger partial charge in [-0.1, -0.05) is 29.8 Å². The number of urea groups is 1. The highest BCUT2D eigenvalue weighted by Crippen LogP contribution is 2.41. The summed E-state index contributed by atoms with van der Waals surface area (Å²) in [6.45, 7) is 2.53. The van der Waals surface area contributed by atoms with Gasteiger partial charge >= 0.3 is 6.03 Å². The summed E-state index contributed by atoms with van der Waals surface area (Å²) in [5.41, 5.74) is 3.73. The second-order valence-corrected chi connectivity index (χ2v) is 6.79. The monoisotopic (exact) mass is 405 g/mol. The molecule has 2 aromatic carbocycles. The molecule has 0 fully saturated rings. The molecule has 2 heterocycles. The molecule has 2 aromatic rings. The Labute approximate surface area is 174 Å². The van der Waals surface area contributed by atoms with Gasteiger partial charge in [-0.3, -0.25) is 0 Å². The Hall–Kier alpha value is -3.81. The molecule has 0 atom stereocenters. The molecular weight excluding hydrogens is 384 g/mol. The number of hydrogen-bond donors (Lipinski definition) is 0. The van der Waals surface area contributed by atoms with E-state index in [-0.39, 0.29) is 0 Å². The summed E-state index contributed by atoms with van der Waals surface area (Å²) < 4.78 is 16.4. The molecule has 0 saturated heterocycles. The minimum atomic E-state index is -0.558. The Morgan fingerprint density at radius 2 is 1.73 bits per heavy atom. The molecule has 8 heteroatoms. The molecule has 0 aromatic heterocycles. The second-order valence-electron chi connectivity index (χ2n) is 6.79. The molecule has 0 N–H and O–H groups in total. The van der Waals surface area contributed by atoms with Gasteiger partial charge < -0.3 is 19.1 Å². The molecule has 0 bridgehead atoms. The molecule has 0 aliphatic carbocycles. The van der Waals surface area contributed by atoms with Crippen LogP contribution in [0.25, 0.3) is 5.70 Å². The highest BCUT2D eigenvalue weighted by Gasteiger charge is 2.34. The van der Waals surface area contributed by atoms with Crippen LogP contribution in [-0.2, 0) is 6.54 Å².